The highest BCUT2D eigenvalue weighted by Crippen LogP contribution is 2.33. The fourth-order valence-corrected chi connectivity index (χ4v) is 3.58. The van der Waals surface area contributed by atoms with Gasteiger partial charge in [-0.1, -0.05) is 25.2 Å². The molecule has 0 fully saturated rings. The Morgan fingerprint density at radius 3 is 3.05 bits per heavy atom. The van der Waals surface area contributed by atoms with Crippen molar-refractivity contribution in [2.75, 3.05) is 11.4 Å². The third-order valence-corrected chi connectivity index (χ3v) is 5.07. The molecule has 1 atom stereocenters. The average Bonchev–Trinajstić information content (AvgIpc) is 3.11. The summed E-state index contributed by atoms with van der Waals surface area (Å²) in [4.78, 5) is 12.4. The van der Waals surface area contributed by atoms with Crippen molar-refractivity contribution in [3.8, 4) is 0 Å². The first-order chi connectivity index (χ1) is 9.72. The molecule has 1 unspecified atom stereocenters. The van der Waals surface area contributed by atoms with Gasteiger partial charge in [-0.15, -0.1) is 0 Å². The zero-order valence-electron chi connectivity index (χ0n) is 11.9. The van der Waals surface area contributed by atoms with Crippen LogP contribution in [0.5, 0.6) is 0 Å². The van der Waals surface area contributed by atoms with Gasteiger partial charge in [-0.3, -0.25) is 0 Å². The summed E-state index contributed by atoms with van der Waals surface area (Å²) >= 11 is 1.61. The molecule has 2 aromatic rings. The van der Waals surface area contributed by atoms with E-state index in [1.165, 1.54) is 0 Å². The molecule has 5 nitrogen and oxygen atoms in total. The maximum atomic E-state index is 9.53. The first kappa shape index (κ1) is 13.6. The van der Waals surface area contributed by atoms with Gasteiger partial charge in [0.25, 0.3) is 0 Å². The zero-order valence-corrected chi connectivity index (χ0v) is 12.7. The van der Waals surface area contributed by atoms with Gasteiger partial charge in [0.15, 0.2) is 5.13 Å². The Labute approximate surface area is 122 Å². The van der Waals surface area contributed by atoms with Gasteiger partial charge in [0.1, 0.15) is 5.82 Å². The molecule has 0 saturated heterocycles. The van der Waals surface area contributed by atoms with Gasteiger partial charge >= 0.3 is 0 Å². The molecule has 20 heavy (non-hydrogen) atoms. The summed E-state index contributed by atoms with van der Waals surface area (Å²) in [7, 11) is 0. The zero-order chi connectivity index (χ0) is 14.1. The molecule has 3 heterocycles. The van der Waals surface area contributed by atoms with E-state index < -0.39 is 0 Å². The summed E-state index contributed by atoms with van der Waals surface area (Å²) in [5, 5.41) is 10.5. The van der Waals surface area contributed by atoms with Crippen LogP contribution in [0.25, 0.3) is 0 Å². The summed E-state index contributed by atoms with van der Waals surface area (Å²) < 4.78 is 2.19. The molecule has 6 heteroatoms. The standard InChI is InChI=1S/C14H20N4OS/c1-3-10(2)13-11(9-19)20-14(16-13)18-7-6-17-5-4-15-12(17)8-18/h4-5,10,19H,3,6-9H2,1-2H3. The second kappa shape index (κ2) is 5.54. The normalized spacial score (nSPS) is 16.2. The molecule has 0 saturated carbocycles. The van der Waals surface area contributed by atoms with E-state index in [0.29, 0.717) is 5.92 Å². The summed E-state index contributed by atoms with van der Waals surface area (Å²) in [5.74, 6) is 1.48. The highest BCUT2D eigenvalue weighted by Gasteiger charge is 2.22. The number of anilines is 1. The minimum absolute atomic E-state index is 0.0831. The van der Waals surface area contributed by atoms with E-state index in [0.717, 1.165) is 47.6 Å². The second-order valence-electron chi connectivity index (χ2n) is 5.23. The number of imidazole rings is 1. The summed E-state index contributed by atoms with van der Waals surface area (Å²) in [5.41, 5.74) is 1.06. The van der Waals surface area contributed by atoms with Crippen molar-refractivity contribution < 1.29 is 5.11 Å². The van der Waals surface area contributed by atoms with Crippen LogP contribution < -0.4 is 4.90 Å². The molecule has 0 aliphatic carbocycles. The van der Waals surface area contributed by atoms with Crippen LogP contribution in [0, 0.1) is 0 Å². The van der Waals surface area contributed by atoms with E-state index in [1.807, 2.05) is 12.4 Å². The molecule has 1 aliphatic heterocycles. The van der Waals surface area contributed by atoms with Crippen LogP contribution in [-0.2, 0) is 19.7 Å². The molecule has 0 amide bonds. The molecule has 1 aliphatic rings. The number of hydrogen-bond acceptors (Lipinski definition) is 5. The van der Waals surface area contributed by atoms with Crippen LogP contribution in [0.2, 0.25) is 0 Å². The van der Waals surface area contributed by atoms with Crippen LogP contribution in [-0.4, -0.2) is 26.2 Å². The number of hydrogen-bond donors (Lipinski definition) is 1. The molecule has 0 radical (unpaired) electrons. The minimum Gasteiger partial charge on any atom is -0.391 e. The van der Waals surface area contributed by atoms with Gasteiger partial charge in [-0.05, 0) is 12.3 Å². The topological polar surface area (TPSA) is 54.2 Å². The number of aromatic nitrogens is 3. The molecular formula is C14H20N4OS. The molecule has 0 spiro atoms. The van der Waals surface area contributed by atoms with Crippen LogP contribution in [0.3, 0.4) is 0 Å². The summed E-state index contributed by atoms with van der Waals surface area (Å²) in [6.45, 7) is 7.10. The highest BCUT2D eigenvalue weighted by molar-refractivity contribution is 7.15. The summed E-state index contributed by atoms with van der Waals surface area (Å²) in [6.07, 6.45) is 4.92. The number of rotatable bonds is 4. The number of fused-ring (bicyclic) bond motifs is 1. The van der Waals surface area contributed by atoms with Gasteiger partial charge < -0.3 is 14.6 Å². The van der Waals surface area contributed by atoms with Crippen LogP contribution >= 0.6 is 11.3 Å². The van der Waals surface area contributed by atoms with Crippen molar-refractivity contribution in [1.29, 1.82) is 0 Å². The second-order valence-corrected chi connectivity index (χ2v) is 6.29. The molecule has 0 aromatic carbocycles. The van der Waals surface area contributed by atoms with E-state index in [2.05, 4.69) is 28.3 Å². The fourth-order valence-electron chi connectivity index (χ4n) is 2.51. The first-order valence-corrected chi connectivity index (χ1v) is 7.90. The number of aliphatic hydroxyl groups excluding tert-OH is 1. The van der Waals surface area contributed by atoms with Crippen LogP contribution in [0.15, 0.2) is 12.4 Å². The Balaban J connectivity index is 1.86. The Hall–Kier alpha value is -1.40. The maximum absolute atomic E-state index is 9.53. The Morgan fingerprint density at radius 2 is 2.30 bits per heavy atom. The van der Waals surface area contributed by atoms with Gasteiger partial charge in [0, 0.05) is 25.5 Å². The number of aliphatic hydroxyl groups is 1. The number of thiazole rings is 1. The largest absolute Gasteiger partial charge is 0.391 e. The van der Waals surface area contributed by atoms with Gasteiger partial charge in [-0.25, -0.2) is 9.97 Å². The fraction of sp³-hybridized carbons (Fsp3) is 0.571. The number of nitrogens with zero attached hydrogens (tertiary/aromatic N) is 4. The Kier molecular flexibility index (Phi) is 3.76. The van der Waals surface area contributed by atoms with Crippen molar-refractivity contribution >= 4 is 16.5 Å². The van der Waals surface area contributed by atoms with Crippen LogP contribution in [0.4, 0.5) is 5.13 Å². The monoisotopic (exact) mass is 292 g/mol. The first-order valence-electron chi connectivity index (χ1n) is 7.08. The lowest BCUT2D eigenvalue weighted by Gasteiger charge is -2.27. The average molecular weight is 292 g/mol. The molecular weight excluding hydrogens is 272 g/mol. The van der Waals surface area contributed by atoms with Crippen molar-refractivity contribution in [1.82, 2.24) is 14.5 Å². The SMILES string of the molecule is CCC(C)c1nc(N2CCn3ccnc3C2)sc1CO. The summed E-state index contributed by atoms with van der Waals surface area (Å²) in [6, 6.07) is 0. The molecule has 3 rings (SSSR count). The molecule has 2 aromatic heterocycles. The quantitative estimate of drug-likeness (QED) is 0.940. The van der Waals surface area contributed by atoms with Crippen molar-refractivity contribution in [3.63, 3.8) is 0 Å². The maximum Gasteiger partial charge on any atom is 0.186 e. The lowest BCUT2D eigenvalue weighted by molar-refractivity contribution is 0.283. The van der Waals surface area contributed by atoms with Gasteiger partial charge in [-0.2, -0.15) is 0 Å². The van der Waals surface area contributed by atoms with E-state index in [-0.39, 0.29) is 6.61 Å². The van der Waals surface area contributed by atoms with Gasteiger partial charge in [0.05, 0.1) is 23.7 Å². The molecule has 108 valence electrons. The van der Waals surface area contributed by atoms with Crippen LogP contribution in [0.1, 0.15) is 42.6 Å². The van der Waals surface area contributed by atoms with Crippen molar-refractivity contribution in [3.05, 3.63) is 28.8 Å². The smallest absolute Gasteiger partial charge is 0.186 e. The Bertz CT molecular complexity index is 592. The molecule has 0 bridgehead atoms. The molecule has 1 N–H and O–H groups in total. The van der Waals surface area contributed by atoms with E-state index in [4.69, 9.17) is 4.98 Å². The van der Waals surface area contributed by atoms with E-state index in [9.17, 15) is 5.11 Å². The van der Waals surface area contributed by atoms with E-state index >= 15 is 0 Å². The minimum atomic E-state index is 0.0831. The lowest BCUT2D eigenvalue weighted by atomic mass is 10.0. The predicted molar refractivity (Wildman–Crippen MR) is 80.0 cm³/mol. The lowest BCUT2D eigenvalue weighted by Crippen LogP contribution is -2.33. The Morgan fingerprint density at radius 1 is 1.45 bits per heavy atom. The third-order valence-electron chi connectivity index (χ3n) is 3.95. The third kappa shape index (κ3) is 2.33. The highest BCUT2D eigenvalue weighted by atomic mass is 32.1. The van der Waals surface area contributed by atoms with Gasteiger partial charge in [0.2, 0.25) is 0 Å². The predicted octanol–water partition coefficient (Wildman–Crippen LogP) is 2.37. The van der Waals surface area contributed by atoms with E-state index in [1.54, 1.807) is 11.3 Å². The van der Waals surface area contributed by atoms with Crippen molar-refractivity contribution in [2.45, 2.75) is 45.9 Å². The van der Waals surface area contributed by atoms with Crippen molar-refractivity contribution in [2.24, 2.45) is 0 Å².